The van der Waals surface area contributed by atoms with Crippen molar-refractivity contribution in [1.29, 1.82) is 0 Å². The molecule has 0 amide bonds. The number of rotatable bonds is 9. The maximum Gasteiger partial charge on any atom is 0.270 e. The van der Waals surface area contributed by atoms with Gasteiger partial charge >= 0.3 is 0 Å². The van der Waals surface area contributed by atoms with Crippen LogP contribution in [-0.4, -0.2) is 39.2 Å². The number of nitrogens with zero attached hydrogens (tertiary/aromatic N) is 6. The van der Waals surface area contributed by atoms with Gasteiger partial charge in [0.2, 0.25) is 17.8 Å². The van der Waals surface area contributed by atoms with E-state index in [1.807, 2.05) is 37.3 Å². The van der Waals surface area contributed by atoms with E-state index >= 15 is 0 Å². The fraction of sp³-hybridized carbons (Fsp3) is 0.241. The second kappa shape index (κ2) is 13.9. The fourth-order valence-electron chi connectivity index (χ4n) is 4.57. The molecule has 0 bridgehead atoms. The summed E-state index contributed by atoms with van der Waals surface area (Å²) in [6, 6.07) is 22.7. The van der Waals surface area contributed by atoms with Crippen LogP contribution in [0.3, 0.4) is 0 Å². The molecule has 1 aliphatic rings. The Balaban J connectivity index is 0.00000387. The minimum absolute atomic E-state index is 0. The normalized spacial score (nSPS) is 13.6. The van der Waals surface area contributed by atoms with Gasteiger partial charge in [-0.15, -0.1) is 12.4 Å². The van der Waals surface area contributed by atoms with Gasteiger partial charge in [0, 0.05) is 41.5 Å². The second-order valence-electron chi connectivity index (χ2n) is 9.73. The number of non-ortho nitro benzene ring substituents is 1. The first kappa shape index (κ1) is 29.7. The third-order valence-electron chi connectivity index (χ3n) is 6.75. The summed E-state index contributed by atoms with van der Waals surface area (Å²) in [6.45, 7) is 3.69. The number of benzene rings is 3. The summed E-state index contributed by atoms with van der Waals surface area (Å²) in [5, 5.41) is 18.9. The number of halogens is 2. The molecule has 1 aliphatic heterocycles. The number of hydrazone groups is 1. The zero-order valence-electron chi connectivity index (χ0n) is 22.4. The molecule has 0 spiro atoms. The molecule has 41 heavy (non-hydrogen) atoms. The van der Waals surface area contributed by atoms with E-state index in [1.165, 1.54) is 30.0 Å². The Bertz CT molecular complexity index is 1490. The van der Waals surface area contributed by atoms with Crippen LogP contribution in [0.5, 0.6) is 0 Å². The van der Waals surface area contributed by atoms with E-state index in [-0.39, 0.29) is 24.0 Å². The molecule has 1 saturated heterocycles. The van der Waals surface area contributed by atoms with E-state index in [0.29, 0.717) is 28.4 Å². The van der Waals surface area contributed by atoms with Crippen molar-refractivity contribution in [1.82, 2.24) is 15.0 Å². The van der Waals surface area contributed by atoms with Crippen molar-refractivity contribution in [3.8, 4) is 0 Å². The predicted octanol–water partition coefficient (Wildman–Crippen LogP) is 6.81. The monoisotopic (exact) mass is 592 g/mol. The van der Waals surface area contributed by atoms with E-state index in [0.717, 1.165) is 43.6 Å². The minimum atomic E-state index is -0.481. The lowest BCUT2D eigenvalue weighted by Crippen LogP contribution is -2.35. The van der Waals surface area contributed by atoms with E-state index < -0.39 is 4.92 Å². The van der Waals surface area contributed by atoms with Crippen LogP contribution in [-0.2, 0) is 6.42 Å². The van der Waals surface area contributed by atoms with Crippen molar-refractivity contribution in [3.63, 3.8) is 0 Å². The number of hydrogen-bond donors (Lipinski definition) is 2. The molecule has 12 heteroatoms. The van der Waals surface area contributed by atoms with Gasteiger partial charge < -0.3 is 10.2 Å². The molecule has 4 aromatic rings. The summed E-state index contributed by atoms with van der Waals surface area (Å²) >= 11 is 6.20. The maximum absolute atomic E-state index is 11.1. The van der Waals surface area contributed by atoms with Crippen molar-refractivity contribution in [2.45, 2.75) is 26.2 Å². The SMILES string of the molecule is Cc1ccc(Nc2nc(NN=Cc3cc([N+](=O)[O-])ccc3Cl)nc(N3CCC(Cc4ccccc4)CC3)n2)cc1.Cl. The average Bonchev–Trinajstić information content (AvgIpc) is 2.96. The smallest absolute Gasteiger partial charge is 0.270 e. The Labute approximate surface area is 249 Å². The van der Waals surface area contributed by atoms with E-state index in [9.17, 15) is 10.1 Å². The van der Waals surface area contributed by atoms with Crippen LogP contribution in [0, 0.1) is 23.0 Å². The van der Waals surface area contributed by atoms with Gasteiger partial charge in [0.15, 0.2) is 0 Å². The van der Waals surface area contributed by atoms with Gasteiger partial charge in [0.1, 0.15) is 0 Å². The molecule has 0 unspecified atom stereocenters. The Hall–Kier alpha value is -4.28. The Morgan fingerprint density at radius 2 is 1.73 bits per heavy atom. The quantitative estimate of drug-likeness (QED) is 0.123. The van der Waals surface area contributed by atoms with E-state index in [1.54, 1.807) is 0 Å². The predicted molar refractivity (Wildman–Crippen MR) is 166 cm³/mol. The molecule has 0 radical (unpaired) electrons. The summed E-state index contributed by atoms with van der Waals surface area (Å²) < 4.78 is 0. The molecule has 1 aromatic heterocycles. The molecule has 0 saturated carbocycles. The largest absolute Gasteiger partial charge is 0.341 e. The Morgan fingerprint density at radius 1 is 1.02 bits per heavy atom. The van der Waals surface area contributed by atoms with E-state index in [2.05, 4.69) is 55.0 Å². The molecule has 0 aliphatic carbocycles. The highest BCUT2D eigenvalue weighted by Crippen LogP contribution is 2.26. The van der Waals surface area contributed by atoms with Gasteiger partial charge in [-0.3, -0.25) is 10.1 Å². The second-order valence-corrected chi connectivity index (χ2v) is 10.1. The highest BCUT2D eigenvalue weighted by Gasteiger charge is 2.22. The number of hydrogen-bond acceptors (Lipinski definition) is 9. The van der Waals surface area contributed by atoms with Crippen LogP contribution in [0.4, 0.5) is 29.2 Å². The number of nitrogens with one attached hydrogen (secondary N) is 2. The van der Waals surface area contributed by atoms with Crippen LogP contribution in [0.1, 0.15) is 29.5 Å². The Kier molecular flexibility index (Phi) is 10.0. The van der Waals surface area contributed by atoms with Gasteiger partial charge in [-0.25, -0.2) is 5.43 Å². The van der Waals surface area contributed by atoms with Gasteiger partial charge in [-0.2, -0.15) is 20.1 Å². The third-order valence-corrected chi connectivity index (χ3v) is 7.10. The summed E-state index contributed by atoms with van der Waals surface area (Å²) in [6.07, 6.45) is 4.54. The number of aromatic nitrogens is 3. The lowest BCUT2D eigenvalue weighted by molar-refractivity contribution is -0.384. The highest BCUT2D eigenvalue weighted by atomic mass is 35.5. The Morgan fingerprint density at radius 3 is 2.44 bits per heavy atom. The zero-order valence-corrected chi connectivity index (χ0v) is 24.0. The van der Waals surface area contributed by atoms with Crippen molar-refractivity contribution < 1.29 is 4.92 Å². The molecular weight excluding hydrogens is 563 g/mol. The third kappa shape index (κ3) is 8.12. The molecule has 3 aromatic carbocycles. The fourth-order valence-corrected chi connectivity index (χ4v) is 4.73. The highest BCUT2D eigenvalue weighted by molar-refractivity contribution is 6.33. The van der Waals surface area contributed by atoms with Crippen molar-refractivity contribution in [2.75, 3.05) is 28.7 Å². The zero-order chi connectivity index (χ0) is 27.9. The molecule has 2 heterocycles. The number of piperidine rings is 1. The van der Waals surface area contributed by atoms with Gasteiger partial charge in [-0.1, -0.05) is 59.6 Å². The molecule has 5 rings (SSSR count). The number of nitro benzene ring substituents is 1. The maximum atomic E-state index is 11.1. The van der Waals surface area contributed by atoms with E-state index in [4.69, 9.17) is 16.6 Å². The van der Waals surface area contributed by atoms with Gasteiger partial charge in [0.05, 0.1) is 11.1 Å². The van der Waals surface area contributed by atoms with Crippen molar-refractivity contribution in [2.24, 2.45) is 11.0 Å². The molecule has 10 nitrogen and oxygen atoms in total. The van der Waals surface area contributed by atoms with Crippen LogP contribution in [0.15, 0.2) is 77.9 Å². The first-order chi connectivity index (χ1) is 19.4. The topological polar surface area (TPSA) is 121 Å². The van der Waals surface area contributed by atoms with Gasteiger partial charge in [-0.05, 0) is 55.9 Å². The average molecular weight is 594 g/mol. The van der Waals surface area contributed by atoms with Gasteiger partial charge in [0.25, 0.3) is 5.69 Å². The van der Waals surface area contributed by atoms with Crippen LogP contribution < -0.4 is 15.6 Å². The van der Waals surface area contributed by atoms with Crippen LogP contribution in [0.2, 0.25) is 5.02 Å². The standard InChI is InChI=1S/C29H29ClN8O2.ClH/c1-20-7-9-24(10-8-20)32-27-33-28(36-31-19-23-18-25(38(39)40)11-12-26(23)30)35-29(34-27)37-15-13-22(14-16-37)17-21-5-3-2-4-6-21;/h2-12,18-19,22H,13-17H2,1H3,(H2,32,33,34,35,36);1H. The van der Waals surface area contributed by atoms with Crippen molar-refractivity contribution >= 4 is 59.4 Å². The molecule has 0 atom stereocenters. The molecule has 2 N–H and O–H groups in total. The lowest BCUT2D eigenvalue weighted by atomic mass is 9.90. The molecule has 212 valence electrons. The molecular formula is C29H30Cl2N8O2. The number of aryl methyl sites for hydroxylation is 1. The summed E-state index contributed by atoms with van der Waals surface area (Å²) in [4.78, 5) is 26.6. The summed E-state index contributed by atoms with van der Waals surface area (Å²) in [5.41, 5.74) is 6.52. The first-order valence-electron chi connectivity index (χ1n) is 13.0. The van der Waals surface area contributed by atoms with Crippen LogP contribution in [0.25, 0.3) is 0 Å². The summed E-state index contributed by atoms with van der Waals surface area (Å²) in [5.74, 6) is 1.77. The first-order valence-corrected chi connectivity index (χ1v) is 13.4. The lowest BCUT2D eigenvalue weighted by Gasteiger charge is -2.32. The number of nitro groups is 1. The minimum Gasteiger partial charge on any atom is -0.341 e. The number of anilines is 4. The summed E-state index contributed by atoms with van der Waals surface area (Å²) in [7, 11) is 0. The molecule has 1 fully saturated rings. The van der Waals surface area contributed by atoms with Crippen molar-refractivity contribution in [3.05, 3.63) is 105 Å². The van der Waals surface area contributed by atoms with Crippen LogP contribution >= 0.6 is 24.0 Å².